The highest BCUT2D eigenvalue weighted by Crippen LogP contribution is 2.07. The van der Waals surface area contributed by atoms with Crippen LogP contribution in [0.25, 0.3) is 0 Å². The largest absolute Gasteiger partial charge is 0.241 e. The highest BCUT2D eigenvalue weighted by Gasteiger charge is 2.00. The molecule has 0 N–H and O–H groups in total. The molecule has 0 aliphatic carbocycles. The van der Waals surface area contributed by atoms with Gasteiger partial charge in [0.15, 0.2) is 0 Å². The highest BCUT2D eigenvalue weighted by atomic mass is 14.9. The molecule has 2 aromatic rings. The Kier molecular flexibility index (Phi) is 4.63. The molecule has 0 saturated heterocycles. The zero-order valence-corrected chi connectivity index (χ0v) is 11.1. The Morgan fingerprint density at radius 2 is 1.63 bits per heavy atom. The maximum atomic E-state index is 8.74. The standard InChI is InChI=1S/C16H17N3/c1-2-3-15-11-18-16(19-12-15)9-8-13-4-6-14(10-17)7-5-13/h4-7,11-12H,2-3,8-9H2,1H3. The van der Waals surface area contributed by atoms with E-state index in [-0.39, 0.29) is 0 Å². The average Bonchev–Trinajstić information content (AvgIpc) is 2.47. The van der Waals surface area contributed by atoms with Crippen LogP contribution in [0.2, 0.25) is 0 Å². The molecule has 0 atom stereocenters. The van der Waals surface area contributed by atoms with Gasteiger partial charge in [-0.1, -0.05) is 25.5 Å². The van der Waals surface area contributed by atoms with Crippen LogP contribution in [0.3, 0.4) is 0 Å². The number of nitrogens with zero attached hydrogens (tertiary/aromatic N) is 3. The van der Waals surface area contributed by atoms with E-state index in [2.05, 4.69) is 23.0 Å². The topological polar surface area (TPSA) is 49.6 Å². The van der Waals surface area contributed by atoms with E-state index < -0.39 is 0 Å². The fourth-order valence-electron chi connectivity index (χ4n) is 1.93. The number of aryl methyl sites for hydroxylation is 3. The van der Waals surface area contributed by atoms with Crippen LogP contribution in [-0.2, 0) is 19.3 Å². The Balaban J connectivity index is 1.92. The van der Waals surface area contributed by atoms with Gasteiger partial charge in [0.2, 0.25) is 0 Å². The fourth-order valence-corrected chi connectivity index (χ4v) is 1.93. The first-order valence-electron chi connectivity index (χ1n) is 6.60. The fraction of sp³-hybridized carbons (Fsp3) is 0.312. The van der Waals surface area contributed by atoms with E-state index in [1.807, 2.05) is 36.7 Å². The number of aromatic nitrogens is 2. The lowest BCUT2D eigenvalue weighted by molar-refractivity contribution is 0.831. The smallest absolute Gasteiger partial charge is 0.128 e. The normalized spacial score (nSPS) is 10.1. The van der Waals surface area contributed by atoms with Crippen molar-refractivity contribution in [1.82, 2.24) is 9.97 Å². The van der Waals surface area contributed by atoms with Gasteiger partial charge in [0.05, 0.1) is 11.6 Å². The molecule has 0 aliphatic rings. The second-order valence-electron chi connectivity index (χ2n) is 4.57. The zero-order valence-electron chi connectivity index (χ0n) is 11.1. The van der Waals surface area contributed by atoms with E-state index in [1.54, 1.807) is 0 Å². The quantitative estimate of drug-likeness (QED) is 0.820. The lowest BCUT2D eigenvalue weighted by atomic mass is 10.1. The maximum absolute atomic E-state index is 8.74. The molecule has 2 rings (SSSR count). The Hall–Kier alpha value is -2.21. The molecule has 3 heteroatoms. The number of hydrogen-bond donors (Lipinski definition) is 0. The average molecular weight is 251 g/mol. The lowest BCUT2D eigenvalue weighted by Gasteiger charge is -2.02. The van der Waals surface area contributed by atoms with Gasteiger partial charge in [0, 0.05) is 18.8 Å². The van der Waals surface area contributed by atoms with Crippen molar-refractivity contribution >= 4 is 0 Å². The molecule has 0 radical (unpaired) electrons. The number of rotatable bonds is 5. The van der Waals surface area contributed by atoms with E-state index in [4.69, 9.17) is 5.26 Å². The maximum Gasteiger partial charge on any atom is 0.128 e. The summed E-state index contributed by atoms with van der Waals surface area (Å²) < 4.78 is 0. The van der Waals surface area contributed by atoms with Gasteiger partial charge >= 0.3 is 0 Å². The van der Waals surface area contributed by atoms with Crippen molar-refractivity contribution in [3.05, 3.63) is 59.2 Å². The Morgan fingerprint density at radius 3 is 2.21 bits per heavy atom. The van der Waals surface area contributed by atoms with Gasteiger partial charge in [-0.05, 0) is 36.1 Å². The van der Waals surface area contributed by atoms with E-state index in [0.29, 0.717) is 5.56 Å². The lowest BCUT2D eigenvalue weighted by Crippen LogP contribution is -1.99. The van der Waals surface area contributed by atoms with Gasteiger partial charge in [-0.3, -0.25) is 0 Å². The monoisotopic (exact) mass is 251 g/mol. The molecule has 0 aliphatic heterocycles. The predicted octanol–water partition coefficient (Wildman–Crippen LogP) is 3.09. The van der Waals surface area contributed by atoms with Gasteiger partial charge in [0.1, 0.15) is 5.82 Å². The minimum Gasteiger partial charge on any atom is -0.241 e. The summed E-state index contributed by atoms with van der Waals surface area (Å²) in [5.74, 6) is 0.879. The van der Waals surface area contributed by atoms with Crippen LogP contribution >= 0.6 is 0 Å². The Morgan fingerprint density at radius 1 is 0.947 bits per heavy atom. The van der Waals surface area contributed by atoms with E-state index in [9.17, 15) is 0 Å². The molecule has 1 aromatic carbocycles. The van der Waals surface area contributed by atoms with Crippen molar-refractivity contribution in [1.29, 1.82) is 5.26 Å². The van der Waals surface area contributed by atoms with Crippen molar-refractivity contribution in [2.75, 3.05) is 0 Å². The molecule has 0 amide bonds. The van der Waals surface area contributed by atoms with Gasteiger partial charge in [-0.2, -0.15) is 5.26 Å². The van der Waals surface area contributed by atoms with Crippen LogP contribution < -0.4 is 0 Å². The minimum absolute atomic E-state index is 0.698. The first kappa shape index (κ1) is 13.2. The second-order valence-corrected chi connectivity index (χ2v) is 4.57. The summed E-state index contributed by atoms with van der Waals surface area (Å²) in [6.07, 6.45) is 7.73. The third kappa shape index (κ3) is 3.89. The third-order valence-corrected chi connectivity index (χ3v) is 3.02. The molecule has 0 spiro atoms. The molecule has 0 unspecified atom stereocenters. The minimum atomic E-state index is 0.698. The van der Waals surface area contributed by atoms with Crippen LogP contribution in [0, 0.1) is 11.3 Å². The molecule has 1 heterocycles. The summed E-state index contributed by atoms with van der Waals surface area (Å²) >= 11 is 0. The number of nitriles is 1. The Bertz CT molecular complexity index is 550. The molecule has 19 heavy (non-hydrogen) atoms. The van der Waals surface area contributed by atoms with Crippen molar-refractivity contribution in [3.8, 4) is 6.07 Å². The first-order valence-corrected chi connectivity index (χ1v) is 6.60. The van der Waals surface area contributed by atoms with Crippen LogP contribution in [0.4, 0.5) is 0 Å². The molecule has 3 nitrogen and oxygen atoms in total. The second kappa shape index (κ2) is 6.65. The van der Waals surface area contributed by atoms with Crippen molar-refractivity contribution in [2.45, 2.75) is 32.6 Å². The molecule has 0 fully saturated rings. The molecule has 0 bridgehead atoms. The summed E-state index contributed by atoms with van der Waals surface area (Å²) in [6.45, 7) is 2.15. The predicted molar refractivity (Wildman–Crippen MR) is 74.6 cm³/mol. The van der Waals surface area contributed by atoms with E-state index >= 15 is 0 Å². The van der Waals surface area contributed by atoms with E-state index in [0.717, 1.165) is 31.5 Å². The SMILES string of the molecule is CCCc1cnc(CCc2ccc(C#N)cc2)nc1. The summed E-state index contributed by atoms with van der Waals surface area (Å²) in [5.41, 5.74) is 3.11. The number of benzene rings is 1. The molecule has 96 valence electrons. The molecule has 1 aromatic heterocycles. The first-order chi connectivity index (χ1) is 9.31. The molecular weight excluding hydrogens is 234 g/mol. The molecular formula is C16H17N3. The Labute approximate surface area is 114 Å². The van der Waals surface area contributed by atoms with Gasteiger partial charge < -0.3 is 0 Å². The van der Waals surface area contributed by atoms with Crippen LogP contribution in [-0.4, -0.2) is 9.97 Å². The summed E-state index contributed by atoms with van der Waals surface area (Å²) in [4.78, 5) is 8.77. The summed E-state index contributed by atoms with van der Waals surface area (Å²) in [6, 6.07) is 9.80. The van der Waals surface area contributed by atoms with E-state index in [1.165, 1.54) is 11.1 Å². The van der Waals surface area contributed by atoms with Crippen LogP contribution in [0.1, 0.15) is 35.9 Å². The summed E-state index contributed by atoms with van der Waals surface area (Å²) in [7, 11) is 0. The zero-order chi connectivity index (χ0) is 13.5. The van der Waals surface area contributed by atoms with Gasteiger partial charge in [0.25, 0.3) is 0 Å². The highest BCUT2D eigenvalue weighted by molar-refractivity contribution is 5.31. The number of hydrogen-bond acceptors (Lipinski definition) is 3. The van der Waals surface area contributed by atoms with Crippen LogP contribution in [0.5, 0.6) is 0 Å². The van der Waals surface area contributed by atoms with Crippen molar-refractivity contribution in [2.24, 2.45) is 0 Å². The molecule has 0 saturated carbocycles. The van der Waals surface area contributed by atoms with Crippen molar-refractivity contribution in [3.63, 3.8) is 0 Å². The van der Waals surface area contributed by atoms with Gasteiger partial charge in [-0.25, -0.2) is 9.97 Å². The third-order valence-electron chi connectivity index (χ3n) is 3.02. The van der Waals surface area contributed by atoms with Crippen molar-refractivity contribution < 1.29 is 0 Å². The summed E-state index contributed by atoms with van der Waals surface area (Å²) in [5, 5.41) is 8.74. The van der Waals surface area contributed by atoms with Crippen LogP contribution in [0.15, 0.2) is 36.7 Å². The van der Waals surface area contributed by atoms with Gasteiger partial charge in [-0.15, -0.1) is 0 Å².